The Kier molecular flexibility index (Phi) is 4.05. The lowest BCUT2D eigenvalue weighted by Crippen LogP contribution is -2.01. The van der Waals surface area contributed by atoms with Gasteiger partial charge in [-0.3, -0.25) is 4.57 Å². The first-order chi connectivity index (χ1) is 12.6. The summed E-state index contributed by atoms with van der Waals surface area (Å²) in [4.78, 5) is 0. The third-order valence-corrected chi connectivity index (χ3v) is 4.13. The summed E-state index contributed by atoms with van der Waals surface area (Å²) in [7, 11) is 0. The minimum absolute atomic E-state index is 0.311. The Morgan fingerprint density at radius 2 is 1.19 bits per heavy atom. The maximum atomic E-state index is 13.3. The van der Waals surface area contributed by atoms with E-state index >= 15 is 0 Å². The van der Waals surface area contributed by atoms with E-state index < -0.39 is 0 Å². The van der Waals surface area contributed by atoms with Gasteiger partial charge in [-0.25, -0.2) is 8.78 Å². The molecular formula is C21H15F2N3. The van der Waals surface area contributed by atoms with Crippen molar-refractivity contribution in [1.29, 1.82) is 0 Å². The molecule has 4 aromatic rings. The molecule has 0 aliphatic carbocycles. The van der Waals surface area contributed by atoms with Crippen LogP contribution < -0.4 is 0 Å². The minimum atomic E-state index is -0.311. The van der Waals surface area contributed by atoms with Gasteiger partial charge < -0.3 is 0 Å². The molecule has 0 amide bonds. The Hall–Kier alpha value is -3.34. The van der Waals surface area contributed by atoms with E-state index in [4.69, 9.17) is 0 Å². The Morgan fingerprint density at radius 1 is 0.692 bits per heavy atom. The smallest absolute Gasteiger partial charge is 0.168 e. The van der Waals surface area contributed by atoms with Crippen LogP contribution in [0.1, 0.15) is 5.56 Å². The van der Waals surface area contributed by atoms with Crippen LogP contribution in [0.3, 0.4) is 0 Å². The molecule has 0 fully saturated rings. The molecule has 0 saturated carbocycles. The number of aromatic nitrogens is 3. The van der Waals surface area contributed by atoms with Gasteiger partial charge >= 0.3 is 0 Å². The summed E-state index contributed by atoms with van der Waals surface area (Å²) in [6.45, 7) is 2.00. The second-order valence-corrected chi connectivity index (χ2v) is 6.04. The van der Waals surface area contributed by atoms with Crippen LogP contribution in [-0.4, -0.2) is 14.8 Å². The fourth-order valence-corrected chi connectivity index (χ4v) is 2.87. The molecule has 0 aliphatic heterocycles. The highest BCUT2D eigenvalue weighted by molar-refractivity contribution is 5.66. The van der Waals surface area contributed by atoms with Crippen molar-refractivity contribution < 1.29 is 8.78 Å². The number of aryl methyl sites for hydroxylation is 1. The maximum absolute atomic E-state index is 13.3. The van der Waals surface area contributed by atoms with Crippen molar-refractivity contribution in [2.45, 2.75) is 6.92 Å². The fraction of sp³-hybridized carbons (Fsp3) is 0.0476. The van der Waals surface area contributed by atoms with Gasteiger partial charge in [-0.2, -0.15) is 0 Å². The average molecular weight is 347 g/mol. The van der Waals surface area contributed by atoms with Gasteiger partial charge in [-0.1, -0.05) is 12.1 Å². The van der Waals surface area contributed by atoms with Gasteiger partial charge in [0, 0.05) is 16.8 Å². The standard InChI is InChI=1S/C21H15F2N3/c1-14-3-2-4-19(13-14)26-20(15-5-9-17(22)10-6-15)24-25-21(26)16-7-11-18(23)12-8-16/h2-13H,1H3. The minimum Gasteiger partial charge on any atom is -0.275 e. The van der Waals surface area contributed by atoms with Gasteiger partial charge in [-0.15, -0.1) is 10.2 Å². The van der Waals surface area contributed by atoms with E-state index in [1.807, 2.05) is 35.8 Å². The first-order valence-corrected chi connectivity index (χ1v) is 8.16. The van der Waals surface area contributed by atoms with Crippen LogP contribution in [0.5, 0.6) is 0 Å². The van der Waals surface area contributed by atoms with Crippen LogP contribution in [-0.2, 0) is 0 Å². The molecular weight excluding hydrogens is 332 g/mol. The van der Waals surface area contributed by atoms with Crippen LogP contribution in [0.4, 0.5) is 8.78 Å². The second-order valence-electron chi connectivity index (χ2n) is 6.04. The van der Waals surface area contributed by atoms with Gasteiger partial charge in [0.2, 0.25) is 0 Å². The summed E-state index contributed by atoms with van der Waals surface area (Å²) in [5, 5.41) is 8.64. The molecule has 0 unspecified atom stereocenters. The first kappa shape index (κ1) is 16.1. The van der Waals surface area contributed by atoms with Crippen LogP contribution >= 0.6 is 0 Å². The molecule has 0 bridgehead atoms. The molecule has 0 radical (unpaired) electrons. The van der Waals surface area contributed by atoms with Crippen LogP contribution in [0.15, 0.2) is 72.8 Å². The zero-order chi connectivity index (χ0) is 18.1. The van der Waals surface area contributed by atoms with Crippen molar-refractivity contribution >= 4 is 0 Å². The Morgan fingerprint density at radius 3 is 1.65 bits per heavy atom. The predicted molar refractivity (Wildman–Crippen MR) is 96.9 cm³/mol. The van der Waals surface area contributed by atoms with Crippen molar-refractivity contribution in [3.63, 3.8) is 0 Å². The highest BCUT2D eigenvalue weighted by Gasteiger charge is 2.17. The van der Waals surface area contributed by atoms with Gasteiger partial charge in [0.15, 0.2) is 11.6 Å². The third kappa shape index (κ3) is 2.99. The van der Waals surface area contributed by atoms with Crippen molar-refractivity contribution in [2.75, 3.05) is 0 Å². The Bertz CT molecular complexity index is 989. The topological polar surface area (TPSA) is 30.7 Å². The third-order valence-electron chi connectivity index (χ3n) is 4.13. The van der Waals surface area contributed by atoms with Crippen molar-refractivity contribution in [1.82, 2.24) is 14.8 Å². The molecule has 1 heterocycles. The monoisotopic (exact) mass is 347 g/mol. The van der Waals surface area contributed by atoms with E-state index in [0.717, 1.165) is 22.4 Å². The van der Waals surface area contributed by atoms with Crippen LogP contribution in [0, 0.1) is 18.6 Å². The molecule has 0 saturated heterocycles. The lowest BCUT2D eigenvalue weighted by Gasteiger charge is -2.11. The normalized spacial score (nSPS) is 10.9. The fourth-order valence-electron chi connectivity index (χ4n) is 2.87. The molecule has 0 atom stereocenters. The summed E-state index contributed by atoms with van der Waals surface area (Å²) in [6.07, 6.45) is 0. The second kappa shape index (κ2) is 6.52. The molecule has 26 heavy (non-hydrogen) atoms. The quantitative estimate of drug-likeness (QED) is 0.511. The summed E-state index contributed by atoms with van der Waals surface area (Å²) < 4.78 is 28.5. The van der Waals surface area contributed by atoms with Gasteiger partial charge in [0.05, 0.1) is 0 Å². The zero-order valence-electron chi connectivity index (χ0n) is 14.0. The molecule has 3 aromatic carbocycles. The number of rotatable bonds is 3. The van der Waals surface area contributed by atoms with Crippen LogP contribution in [0.25, 0.3) is 28.5 Å². The van der Waals surface area contributed by atoms with E-state index in [1.165, 1.54) is 24.3 Å². The first-order valence-electron chi connectivity index (χ1n) is 8.16. The molecule has 5 heteroatoms. The number of hydrogen-bond acceptors (Lipinski definition) is 2. The average Bonchev–Trinajstić information content (AvgIpc) is 3.08. The SMILES string of the molecule is Cc1cccc(-n2c(-c3ccc(F)cc3)nnc2-c2ccc(F)cc2)c1. The van der Waals surface area contributed by atoms with Crippen molar-refractivity contribution in [2.24, 2.45) is 0 Å². The van der Waals surface area contributed by atoms with Gasteiger partial charge in [0.25, 0.3) is 0 Å². The number of hydrogen-bond donors (Lipinski definition) is 0. The lowest BCUT2D eigenvalue weighted by atomic mass is 10.1. The molecule has 0 spiro atoms. The Labute approximate surface area is 149 Å². The van der Waals surface area contributed by atoms with E-state index in [2.05, 4.69) is 10.2 Å². The van der Waals surface area contributed by atoms with E-state index in [9.17, 15) is 8.78 Å². The number of benzene rings is 3. The van der Waals surface area contributed by atoms with E-state index in [0.29, 0.717) is 11.6 Å². The predicted octanol–water partition coefficient (Wildman–Crippen LogP) is 5.19. The number of halogens is 2. The molecule has 4 rings (SSSR count). The van der Waals surface area contributed by atoms with Crippen LogP contribution in [0.2, 0.25) is 0 Å². The van der Waals surface area contributed by atoms with Crippen molar-refractivity contribution in [3.8, 4) is 28.5 Å². The molecule has 0 N–H and O–H groups in total. The van der Waals surface area contributed by atoms with E-state index in [-0.39, 0.29) is 11.6 Å². The molecule has 0 aliphatic rings. The molecule has 1 aromatic heterocycles. The highest BCUT2D eigenvalue weighted by atomic mass is 19.1. The largest absolute Gasteiger partial charge is 0.275 e. The van der Waals surface area contributed by atoms with Crippen molar-refractivity contribution in [3.05, 3.63) is 90.0 Å². The summed E-state index contributed by atoms with van der Waals surface area (Å²) in [6, 6.07) is 20.2. The highest BCUT2D eigenvalue weighted by Crippen LogP contribution is 2.29. The number of nitrogens with zero attached hydrogens (tertiary/aromatic N) is 3. The lowest BCUT2D eigenvalue weighted by molar-refractivity contribution is 0.627. The summed E-state index contributed by atoms with van der Waals surface area (Å²) in [5.41, 5.74) is 3.46. The van der Waals surface area contributed by atoms with Gasteiger partial charge in [0.1, 0.15) is 11.6 Å². The molecule has 3 nitrogen and oxygen atoms in total. The summed E-state index contributed by atoms with van der Waals surface area (Å²) in [5.74, 6) is 0.563. The van der Waals surface area contributed by atoms with E-state index in [1.54, 1.807) is 24.3 Å². The maximum Gasteiger partial charge on any atom is 0.168 e. The summed E-state index contributed by atoms with van der Waals surface area (Å²) >= 11 is 0. The molecule has 128 valence electrons. The van der Waals surface area contributed by atoms with Gasteiger partial charge in [-0.05, 0) is 73.2 Å². The Balaban J connectivity index is 1.95. The zero-order valence-corrected chi connectivity index (χ0v) is 14.0.